The number of pyridine rings is 1. The Morgan fingerprint density at radius 2 is 1.72 bits per heavy atom. The van der Waals surface area contributed by atoms with Crippen LogP contribution < -0.4 is 16.0 Å². The summed E-state index contributed by atoms with van der Waals surface area (Å²) in [7, 11) is 0. The molecule has 1 aromatic rings. The van der Waals surface area contributed by atoms with Gasteiger partial charge in [0.1, 0.15) is 11.4 Å². The van der Waals surface area contributed by atoms with Crippen molar-refractivity contribution in [2.24, 2.45) is 0 Å². The molecule has 3 N–H and O–H groups in total. The van der Waals surface area contributed by atoms with Crippen molar-refractivity contribution in [2.75, 3.05) is 18.5 Å². The minimum atomic E-state index is -0.896. The number of aromatic nitrogens is 1. The maximum Gasteiger partial charge on any atom is 0.408 e. The molecule has 1 heterocycles. The Morgan fingerprint density at radius 3 is 2.24 bits per heavy atom. The van der Waals surface area contributed by atoms with Gasteiger partial charge in [-0.15, -0.1) is 0 Å². The van der Waals surface area contributed by atoms with E-state index in [1.165, 1.54) is 18.3 Å². The van der Waals surface area contributed by atoms with Gasteiger partial charge in [-0.3, -0.25) is 9.59 Å². The van der Waals surface area contributed by atoms with Crippen LogP contribution in [0, 0.1) is 0 Å². The van der Waals surface area contributed by atoms with Gasteiger partial charge in [-0.25, -0.2) is 9.78 Å². The number of anilines is 1. The molecule has 10 heteroatoms. The molecule has 1 atom stereocenters. The Morgan fingerprint density at radius 1 is 1.07 bits per heavy atom. The number of rotatable bonds is 6. The third kappa shape index (κ3) is 11.3. The van der Waals surface area contributed by atoms with Gasteiger partial charge < -0.3 is 25.4 Å². The third-order valence-electron chi connectivity index (χ3n) is 3.12. The van der Waals surface area contributed by atoms with Gasteiger partial charge in [0.05, 0.1) is 23.3 Å². The molecule has 29 heavy (non-hydrogen) atoms. The van der Waals surface area contributed by atoms with E-state index in [4.69, 9.17) is 21.1 Å². The summed E-state index contributed by atoms with van der Waals surface area (Å²) in [5, 5.41) is 7.86. The van der Waals surface area contributed by atoms with Gasteiger partial charge >= 0.3 is 17.9 Å². The molecule has 0 saturated heterocycles. The maximum absolute atomic E-state index is 12.1. The molecular weight excluding hydrogens is 400 g/mol. The van der Waals surface area contributed by atoms with Crippen molar-refractivity contribution >= 4 is 35.3 Å². The van der Waals surface area contributed by atoms with Crippen molar-refractivity contribution in [3.8, 4) is 0 Å². The molecule has 0 aromatic carbocycles. The number of amides is 3. The van der Waals surface area contributed by atoms with Gasteiger partial charge in [0.2, 0.25) is 0 Å². The number of alkyl carbamates (subject to hydrolysis) is 1. The average molecular weight is 429 g/mol. The molecule has 0 radical (unpaired) electrons. The van der Waals surface area contributed by atoms with E-state index in [0.29, 0.717) is 5.02 Å². The lowest BCUT2D eigenvalue weighted by Gasteiger charge is -2.27. The molecule has 0 aliphatic heterocycles. The summed E-state index contributed by atoms with van der Waals surface area (Å²) in [5.74, 6) is -1.59. The van der Waals surface area contributed by atoms with Crippen LogP contribution in [0.3, 0.4) is 0 Å². The first-order valence-electron chi connectivity index (χ1n) is 9.09. The quantitative estimate of drug-likeness (QED) is 0.599. The second kappa shape index (κ2) is 10.4. The highest BCUT2D eigenvalue weighted by molar-refractivity contribution is 6.39. The first-order valence-corrected chi connectivity index (χ1v) is 9.47. The SMILES string of the molecule is CC(C)(C)OC[C@H](CNC(=O)C(=O)Nc1ccc(Cl)cn1)NC(=O)OC(C)(C)C. The lowest BCUT2D eigenvalue weighted by molar-refractivity contribution is -0.136. The zero-order valence-corrected chi connectivity index (χ0v) is 18.3. The number of carbonyl (C=O) groups excluding carboxylic acids is 3. The van der Waals surface area contributed by atoms with Crippen molar-refractivity contribution in [3.05, 3.63) is 23.4 Å². The molecule has 0 aliphatic carbocycles. The highest BCUT2D eigenvalue weighted by Gasteiger charge is 2.23. The molecule has 0 bridgehead atoms. The highest BCUT2D eigenvalue weighted by atomic mass is 35.5. The van der Waals surface area contributed by atoms with E-state index in [0.717, 1.165) is 0 Å². The number of hydrogen-bond acceptors (Lipinski definition) is 6. The van der Waals surface area contributed by atoms with Crippen molar-refractivity contribution < 1.29 is 23.9 Å². The topological polar surface area (TPSA) is 119 Å². The predicted molar refractivity (Wildman–Crippen MR) is 110 cm³/mol. The fraction of sp³-hybridized carbons (Fsp3) is 0.579. The van der Waals surface area contributed by atoms with E-state index in [1.54, 1.807) is 20.8 Å². The normalized spacial score (nSPS) is 12.7. The van der Waals surface area contributed by atoms with E-state index in [-0.39, 0.29) is 19.0 Å². The van der Waals surface area contributed by atoms with Crippen LogP contribution in [0.1, 0.15) is 41.5 Å². The first-order chi connectivity index (χ1) is 13.2. The van der Waals surface area contributed by atoms with Gasteiger partial charge in [0.25, 0.3) is 0 Å². The van der Waals surface area contributed by atoms with Crippen LogP contribution in [0.4, 0.5) is 10.6 Å². The summed E-state index contributed by atoms with van der Waals surface area (Å²) in [6.07, 6.45) is 0.698. The minimum absolute atomic E-state index is 0.0321. The largest absolute Gasteiger partial charge is 0.444 e. The van der Waals surface area contributed by atoms with Crippen molar-refractivity contribution in [1.29, 1.82) is 0 Å². The van der Waals surface area contributed by atoms with E-state index in [9.17, 15) is 14.4 Å². The number of hydrogen-bond donors (Lipinski definition) is 3. The second-order valence-corrected chi connectivity index (χ2v) is 8.73. The van der Waals surface area contributed by atoms with Crippen molar-refractivity contribution in [1.82, 2.24) is 15.6 Å². The molecule has 162 valence electrons. The number of halogens is 1. The summed E-state index contributed by atoms with van der Waals surface area (Å²) in [6.45, 7) is 10.9. The van der Waals surface area contributed by atoms with Crippen LogP contribution in [-0.4, -0.2) is 53.3 Å². The molecule has 0 fully saturated rings. The van der Waals surface area contributed by atoms with Crippen LogP contribution in [0.15, 0.2) is 18.3 Å². The fourth-order valence-electron chi connectivity index (χ4n) is 1.90. The van der Waals surface area contributed by atoms with Gasteiger partial charge in [-0.05, 0) is 53.7 Å². The maximum atomic E-state index is 12.1. The summed E-state index contributed by atoms with van der Waals surface area (Å²) >= 11 is 5.73. The Bertz CT molecular complexity index is 711. The number of nitrogens with one attached hydrogen (secondary N) is 3. The van der Waals surface area contributed by atoms with Crippen LogP contribution in [0.5, 0.6) is 0 Å². The minimum Gasteiger partial charge on any atom is -0.444 e. The zero-order valence-electron chi connectivity index (χ0n) is 17.6. The van der Waals surface area contributed by atoms with Crippen molar-refractivity contribution in [2.45, 2.75) is 58.8 Å². The fourth-order valence-corrected chi connectivity index (χ4v) is 2.01. The Balaban J connectivity index is 2.63. The molecule has 0 unspecified atom stereocenters. The van der Waals surface area contributed by atoms with Gasteiger partial charge in [-0.1, -0.05) is 11.6 Å². The van der Waals surface area contributed by atoms with Crippen LogP contribution >= 0.6 is 11.6 Å². The summed E-state index contributed by atoms with van der Waals surface area (Å²) in [6, 6.07) is 2.40. The lowest BCUT2D eigenvalue weighted by atomic mass is 10.2. The summed E-state index contributed by atoms with van der Waals surface area (Å²) in [4.78, 5) is 40.0. The molecule has 0 aliphatic rings. The molecular formula is C19H29ClN4O5. The van der Waals surface area contributed by atoms with E-state index in [2.05, 4.69) is 20.9 Å². The highest BCUT2D eigenvalue weighted by Crippen LogP contribution is 2.10. The Hall–Kier alpha value is -2.39. The average Bonchev–Trinajstić information content (AvgIpc) is 2.56. The number of nitrogens with zero attached hydrogens (tertiary/aromatic N) is 1. The third-order valence-corrected chi connectivity index (χ3v) is 3.35. The van der Waals surface area contributed by atoms with Crippen molar-refractivity contribution in [3.63, 3.8) is 0 Å². The molecule has 9 nitrogen and oxygen atoms in total. The molecule has 0 spiro atoms. The van der Waals surface area contributed by atoms with E-state index < -0.39 is 35.2 Å². The standard InChI is InChI=1S/C19H29ClN4O5/c1-18(2,3)28-11-13(23-17(27)29-19(4,5)6)10-22-15(25)16(26)24-14-8-7-12(20)9-21-14/h7-9,13H,10-11H2,1-6H3,(H,22,25)(H,23,27)(H,21,24,26)/t13-/m0/s1. The molecule has 3 amide bonds. The van der Waals surface area contributed by atoms with Crippen LogP contribution in [-0.2, 0) is 19.1 Å². The smallest absolute Gasteiger partial charge is 0.408 e. The predicted octanol–water partition coefficient (Wildman–Crippen LogP) is 2.50. The van der Waals surface area contributed by atoms with Gasteiger partial charge in [0.15, 0.2) is 0 Å². The number of ether oxygens (including phenoxy) is 2. The lowest BCUT2D eigenvalue weighted by Crippen LogP contribution is -2.50. The number of carbonyl (C=O) groups is 3. The van der Waals surface area contributed by atoms with E-state index >= 15 is 0 Å². The Labute approximate surface area is 175 Å². The van der Waals surface area contributed by atoms with Gasteiger partial charge in [0, 0.05) is 12.7 Å². The van der Waals surface area contributed by atoms with Gasteiger partial charge in [-0.2, -0.15) is 0 Å². The Kier molecular flexibility index (Phi) is 8.84. The first kappa shape index (κ1) is 24.6. The molecule has 0 saturated carbocycles. The van der Waals surface area contributed by atoms with E-state index in [1.807, 2.05) is 20.8 Å². The molecule has 1 rings (SSSR count). The monoisotopic (exact) mass is 428 g/mol. The van der Waals surface area contributed by atoms with Crippen LogP contribution in [0.2, 0.25) is 5.02 Å². The van der Waals surface area contributed by atoms with Crippen LogP contribution in [0.25, 0.3) is 0 Å². The summed E-state index contributed by atoms with van der Waals surface area (Å²) in [5.41, 5.74) is -1.12. The second-order valence-electron chi connectivity index (χ2n) is 8.29. The summed E-state index contributed by atoms with van der Waals surface area (Å²) < 4.78 is 10.9. The zero-order chi connectivity index (χ0) is 22.2. The molecule has 1 aromatic heterocycles.